The molecule has 166 valence electrons. The van der Waals surface area contributed by atoms with Crippen molar-refractivity contribution in [1.82, 2.24) is 5.32 Å². The average Bonchev–Trinajstić information content (AvgIpc) is 2.65. The highest BCUT2D eigenvalue weighted by Gasteiger charge is 2.29. The summed E-state index contributed by atoms with van der Waals surface area (Å²) in [4.78, 5) is 24.0. The van der Waals surface area contributed by atoms with Crippen molar-refractivity contribution in [2.24, 2.45) is 0 Å². The summed E-state index contributed by atoms with van der Waals surface area (Å²) in [5.41, 5.74) is -3.17. The fourth-order valence-corrected chi connectivity index (χ4v) is 2.85. The van der Waals surface area contributed by atoms with E-state index in [9.17, 15) is 35.9 Å². The highest BCUT2D eigenvalue weighted by molar-refractivity contribution is 8.00. The molecule has 0 heterocycles. The highest BCUT2D eigenvalue weighted by Crippen LogP contribution is 2.36. The number of amides is 2. The minimum Gasteiger partial charge on any atom is -0.343 e. The second-order valence-electron chi connectivity index (χ2n) is 6.27. The summed E-state index contributed by atoms with van der Waals surface area (Å²) in [5, 5.41) is 4.25. The van der Waals surface area contributed by atoms with Crippen LogP contribution in [0.5, 0.6) is 0 Å². The maximum Gasteiger partial charge on any atom is 0.446 e. The standard InChI is InChI=1S/C20H16F6N2O2S/c1-12-2-6-14(18(30)27-11-19(21,22)23)10-16(12)28-17(29)9-5-13-3-7-15(8-4-13)31-20(24,25)26/h2-10H,11H2,1H3,(H,27,30)(H,28,29)/b9-5+. The third-order valence-electron chi connectivity index (χ3n) is 3.75. The van der Waals surface area contributed by atoms with Crippen LogP contribution in [0.25, 0.3) is 6.08 Å². The molecular weight excluding hydrogens is 446 g/mol. The lowest BCUT2D eigenvalue weighted by atomic mass is 10.1. The van der Waals surface area contributed by atoms with Crippen molar-refractivity contribution in [3.05, 3.63) is 65.2 Å². The monoisotopic (exact) mass is 462 g/mol. The van der Waals surface area contributed by atoms with Crippen LogP contribution in [-0.4, -0.2) is 30.0 Å². The Bertz CT molecular complexity index is 969. The molecule has 0 aromatic heterocycles. The second kappa shape index (κ2) is 9.90. The van der Waals surface area contributed by atoms with Crippen molar-refractivity contribution in [2.45, 2.75) is 23.5 Å². The Morgan fingerprint density at radius 1 is 1.00 bits per heavy atom. The van der Waals surface area contributed by atoms with Crippen LogP contribution in [-0.2, 0) is 4.79 Å². The zero-order valence-corrected chi connectivity index (χ0v) is 16.7. The van der Waals surface area contributed by atoms with Crippen molar-refractivity contribution >= 4 is 35.3 Å². The Morgan fingerprint density at radius 2 is 1.65 bits per heavy atom. The maximum atomic E-state index is 12.3. The maximum absolute atomic E-state index is 12.3. The third kappa shape index (κ3) is 8.75. The number of hydrogen-bond donors (Lipinski definition) is 2. The van der Waals surface area contributed by atoms with Gasteiger partial charge >= 0.3 is 11.7 Å². The van der Waals surface area contributed by atoms with Crippen LogP contribution in [0.1, 0.15) is 21.5 Å². The molecular formula is C20H16F6N2O2S. The smallest absolute Gasteiger partial charge is 0.343 e. The van der Waals surface area contributed by atoms with Crippen LogP contribution in [0.3, 0.4) is 0 Å². The molecule has 0 fully saturated rings. The minimum atomic E-state index is -4.55. The van der Waals surface area contributed by atoms with Crippen molar-refractivity contribution in [3.63, 3.8) is 0 Å². The predicted octanol–water partition coefficient (Wildman–Crippen LogP) is 5.55. The Kier molecular flexibility index (Phi) is 7.77. The van der Waals surface area contributed by atoms with Gasteiger partial charge in [0, 0.05) is 22.2 Å². The number of carbonyl (C=O) groups excluding carboxylic acids is 2. The normalized spacial score (nSPS) is 12.1. The van der Waals surface area contributed by atoms with Crippen molar-refractivity contribution in [2.75, 3.05) is 11.9 Å². The molecule has 2 aromatic carbocycles. The molecule has 0 atom stereocenters. The van der Waals surface area contributed by atoms with E-state index in [1.807, 2.05) is 0 Å². The molecule has 31 heavy (non-hydrogen) atoms. The summed E-state index contributed by atoms with van der Waals surface area (Å²) in [6.45, 7) is 0.151. The number of halogens is 6. The zero-order valence-electron chi connectivity index (χ0n) is 15.9. The Labute approximate surface area is 177 Å². The summed E-state index contributed by atoms with van der Waals surface area (Å²) < 4.78 is 73.7. The number of hydrogen-bond acceptors (Lipinski definition) is 3. The van der Waals surface area contributed by atoms with E-state index in [-0.39, 0.29) is 27.9 Å². The molecule has 2 rings (SSSR count). The number of anilines is 1. The molecule has 2 N–H and O–H groups in total. The largest absolute Gasteiger partial charge is 0.446 e. The van der Waals surface area contributed by atoms with Gasteiger partial charge in [-0.2, -0.15) is 26.3 Å². The zero-order chi connectivity index (χ0) is 23.2. The van der Waals surface area contributed by atoms with E-state index < -0.39 is 30.0 Å². The molecule has 0 bridgehead atoms. The van der Waals surface area contributed by atoms with Gasteiger partial charge in [-0.3, -0.25) is 9.59 Å². The van der Waals surface area contributed by atoms with Crippen molar-refractivity contribution < 1.29 is 35.9 Å². The summed E-state index contributed by atoms with van der Waals surface area (Å²) >= 11 is -0.253. The quantitative estimate of drug-likeness (QED) is 0.336. The van der Waals surface area contributed by atoms with E-state index in [2.05, 4.69) is 5.32 Å². The Balaban J connectivity index is 2.02. The molecule has 2 amide bonds. The predicted molar refractivity (Wildman–Crippen MR) is 106 cm³/mol. The van der Waals surface area contributed by atoms with E-state index in [0.29, 0.717) is 11.1 Å². The van der Waals surface area contributed by atoms with Gasteiger partial charge in [-0.1, -0.05) is 18.2 Å². The van der Waals surface area contributed by atoms with E-state index in [1.165, 1.54) is 48.5 Å². The molecule has 2 aromatic rings. The topological polar surface area (TPSA) is 58.2 Å². The number of benzene rings is 2. The number of aryl methyl sites for hydroxylation is 1. The fraction of sp³-hybridized carbons (Fsp3) is 0.200. The second-order valence-corrected chi connectivity index (χ2v) is 7.41. The lowest BCUT2D eigenvalue weighted by Crippen LogP contribution is -2.33. The van der Waals surface area contributed by atoms with Gasteiger partial charge < -0.3 is 10.6 Å². The van der Waals surface area contributed by atoms with Crippen LogP contribution >= 0.6 is 11.8 Å². The highest BCUT2D eigenvalue weighted by atomic mass is 32.2. The van der Waals surface area contributed by atoms with Gasteiger partial charge in [-0.15, -0.1) is 0 Å². The molecule has 0 saturated heterocycles. The first-order valence-corrected chi connectivity index (χ1v) is 9.44. The first kappa shape index (κ1) is 24.3. The van der Waals surface area contributed by atoms with Crippen LogP contribution in [0.4, 0.5) is 32.0 Å². The van der Waals surface area contributed by atoms with Gasteiger partial charge in [-0.05, 0) is 60.2 Å². The molecule has 0 unspecified atom stereocenters. The number of rotatable bonds is 6. The number of thioether (sulfide) groups is 1. The van der Waals surface area contributed by atoms with Gasteiger partial charge in [0.15, 0.2) is 0 Å². The van der Waals surface area contributed by atoms with E-state index in [4.69, 9.17) is 0 Å². The molecule has 0 spiro atoms. The summed E-state index contributed by atoms with van der Waals surface area (Å²) in [5.74, 6) is -1.54. The van der Waals surface area contributed by atoms with Crippen molar-refractivity contribution in [3.8, 4) is 0 Å². The van der Waals surface area contributed by atoms with E-state index >= 15 is 0 Å². The lowest BCUT2D eigenvalue weighted by molar-refractivity contribution is -0.123. The van der Waals surface area contributed by atoms with Crippen LogP contribution in [0.15, 0.2) is 53.4 Å². The van der Waals surface area contributed by atoms with Gasteiger partial charge in [0.05, 0.1) is 0 Å². The Morgan fingerprint density at radius 3 is 2.23 bits per heavy atom. The molecule has 0 saturated carbocycles. The molecule has 0 aliphatic rings. The summed E-state index contributed by atoms with van der Waals surface area (Å²) in [7, 11) is 0. The van der Waals surface area contributed by atoms with Crippen LogP contribution in [0, 0.1) is 6.92 Å². The fourth-order valence-electron chi connectivity index (χ4n) is 2.31. The van der Waals surface area contributed by atoms with Crippen LogP contribution < -0.4 is 10.6 Å². The first-order chi connectivity index (χ1) is 14.3. The molecule has 4 nitrogen and oxygen atoms in total. The number of nitrogens with one attached hydrogen (secondary N) is 2. The lowest BCUT2D eigenvalue weighted by Gasteiger charge is -2.11. The summed E-state index contributed by atoms with van der Waals surface area (Å²) in [6.07, 6.45) is -2.03. The summed E-state index contributed by atoms with van der Waals surface area (Å²) in [6, 6.07) is 9.40. The molecule has 0 aliphatic carbocycles. The van der Waals surface area contributed by atoms with Gasteiger partial charge in [-0.25, -0.2) is 0 Å². The van der Waals surface area contributed by atoms with Gasteiger partial charge in [0.1, 0.15) is 6.54 Å². The minimum absolute atomic E-state index is 0.00495. The van der Waals surface area contributed by atoms with Crippen LogP contribution in [0.2, 0.25) is 0 Å². The molecule has 11 heteroatoms. The number of carbonyl (C=O) groups is 2. The van der Waals surface area contributed by atoms with E-state index in [1.54, 1.807) is 12.2 Å². The molecule has 0 aliphatic heterocycles. The van der Waals surface area contributed by atoms with E-state index in [0.717, 1.165) is 6.08 Å². The average molecular weight is 462 g/mol. The van der Waals surface area contributed by atoms with Gasteiger partial charge in [0.2, 0.25) is 5.91 Å². The van der Waals surface area contributed by atoms with Crippen molar-refractivity contribution in [1.29, 1.82) is 0 Å². The Hall–Kier alpha value is -2.95. The number of alkyl halides is 6. The molecule has 0 radical (unpaired) electrons. The van der Waals surface area contributed by atoms with Gasteiger partial charge in [0.25, 0.3) is 5.91 Å². The third-order valence-corrected chi connectivity index (χ3v) is 4.49. The SMILES string of the molecule is Cc1ccc(C(=O)NCC(F)(F)F)cc1NC(=O)/C=C/c1ccc(SC(F)(F)F)cc1. The first-order valence-electron chi connectivity index (χ1n) is 8.63.